The molecule has 0 amide bonds. The van der Waals surface area contributed by atoms with Crippen LogP contribution in [0, 0.1) is 30.1 Å². The Morgan fingerprint density at radius 2 is 1.74 bits per heavy atom. The Kier molecular flexibility index (Phi) is 16.0. The van der Waals surface area contributed by atoms with E-state index < -0.39 is 0 Å². The first-order valence-electron chi connectivity index (χ1n) is 17.9. The molecule has 0 N–H and O–H groups in total. The molecule has 1 aliphatic heterocycles. The normalized spacial score (nSPS) is 14.8. The molecule has 3 aromatic carbocycles. The van der Waals surface area contributed by atoms with Gasteiger partial charge in [0.2, 0.25) is 0 Å². The van der Waals surface area contributed by atoms with E-state index >= 15 is 0 Å². The number of nitriles is 1. The van der Waals surface area contributed by atoms with Crippen molar-refractivity contribution in [2.45, 2.75) is 112 Å². The van der Waals surface area contributed by atoms with E-state index in [0.717, 1.165) is 53.4 Å². The number of carbonyl (C=O) groups is 1. The number of Topliss-reactive ketones (excluding diaryl/α,β-unsaturated/α-hetero) is 1. The second-order valence-corrected chi connectivity index (χ2v) is 13.3. The molecule has 0 saturated carbocycles. The summed E-state index contributed by atoms with van der Waals surface area (Å²) in [5, 5.41) is 9.77. The fourth-order valence-corrected chi connectivity index (χ4v) is 6.36. The molecule has 4 rings (SSSR count). The SMILES string of the molecule is CC(=O)c1ccc(C/C(C)=C/c2cccc(-c3ccc(OC4CCOCC4)c(C#N)c3)c2C)cc1.CCCCC(CCC)C(C)CC.[HH]. The summed E-state index contributed by atoms with van der Waals surface area (Å²) in [5.41, 5.74) is 8.13. The number of benzene rings is 3. The fraction of sp³-hybridized carbons (Fsp3) is 0.488. The van der Waals surface area contributed by atoms with Crippen LogP contribution in [0.5, 0.6) is 5.75 Å². The van der Waals surface area contributed by atoms with Crippen LogP contribution in [-0.2, 0) is 11.2 Å². The largest absolute Gasteiger partial charge is 0.489 e. The van der Waals surface area contributed by atoms with E-state index in [4.69, 9.17) is 9.47 Å². The summed E-state index contributed by atoms with van der Waals surface area (Å²) in [6.07, 6.45) is 13.2. The van der Waals surface area contributed by atoms with E-state index in [2.05, 4.69) is 71.9 Å². The summed E-state index contributed by atoms with van der Waals surface area (Å²) in [5.74, 6) is 2.67. The van der Waals surface area contributed by atoms with Crippen molar-refractivity contribution in [2.24, 2.45) is 11.8 Å². The molecule has 0 bridgehead atoms. The third-order valence-electron chi connectivity index (χ3n) is 9.53. The van der Waals surface area contributed by atoms with Crippen LogP contribution in [0.1, 0.15) is 127 Å². The van der Waals surface area contributed by atoms with Gasteiger partial charge in [0.05, 0.1) is 18.8 Å². The van der Waals surface area contributed by atoms with E-state index in [1.807, 2.05) is 42.5 Å². The number of carbonyl (C=O) groups excluding carboxylic acids is 1. The number of nitrogens with zero attached hydrogens (tertiary/aromatic N) is 1. The molecule has 2 atom stereocenters. The zero-order valence-electron chi connectivity index (χ0n) is 30.0. The van der Waals surface area contributed by atoms with Crippen LogP contribution in [-0.4, -0.2) is 25.1 Å². The number of rotatable bonds is 14. The topological polar surface area (TPSA) is 59.3 Å². The van der Waals surface area contributed by atoms with Crippen LogP contribution in [0.25, 0.3) is 17.2 Å². The van der Waals surface area contributed by atoms with Gasteiger partial charge in [-0.2, -0.15) is 5.26 Å². The third kappa shape index (κ3) is 11.8. The second kappa shape index (κ2) is 19.9. The van der Waals surface area contributed by atoms with Crippen LogP contribution in [0.15, 0.2) is 66.2 Å². The summed E-state index contributed by atoms with van der Waals surface area (Å²) in [6, 6.07) is 22.3. The molecular formula is C43H59NO3. The minimum absolute atomic E-state index is 0. The average molecular weight is 638 g/mol. The first kappa shape index (κ1) is 37.8. The number of hydrogen-bond acceptors (Lipinski definition) is 4. The predicted molar refractivity (Wildman–Crippen MR) is 199 cm³/mol. The lowest BCUT2D eigenvalue weighted by molar-refractivity contribution is 0.0254. The van der Waals surface area contributed by atoms with Crippen molar-refractivity contribution < 1.29 is 15.7 Å². The standard InChI is InChI=1S/C31H31NO3.C12H26.H2/c1-21(17-24-7-9-25(10-8-24)23(3)33)18-26-5-4-6-30(22(26)2)27-11-12-31(28(19-27)20-32)35-29-13-15-34-16-14-29;1-5-8-10-12(9-6-2)11(4)7-3;/h4-12,18-19,29H,13-17H2,1-3H3;11-12H,5-10H2,1-4H3;1H/b21-18+;;. The van der Waals surface area contributed by atoms with Gasteiger partial charge >= 0.3 is 0 Å². The lowest BCUT2D eigenvalue weighted by atomic mass is 9.84. The number of ether oxygens (including phenoxy) is 2. The molecule has 254 valence electrons. The van der Waals surface area contributed by atoms with Crippen molar-refractivity contribution >= 4 is 11.9 Å². The molecule has 4 nitrogen and oxygen atoms in total. The highest BCUT2D eigenvalue weighted by atomic mass is 16.5. The Balaban J connectivity index is 0.000000527. The Hall–Kier alpha value is -3.68. The van der Waals surface area contributed by atoms with Gasteiger partial charge in [0.25, 0.3) is 0 Å². The quantitative estimate of drug-likeness (QED) is 0.165. The Bertz CT molecular complexity index is 1480. The van der Waals surface area contributed by atoms with Gasteiger partial charge in [0.15, 0.2) is 5.78 Å². The van der Waals surface area contributed by atoms with E-state index in [1.54, 1.807) is 6.92 Å². The molecule has 4 heteroatoms. The van der Waals surface area contributed by atoms with Crippen molar-refractivity contribution in [3.63, 3.8) is 0 Å². The molecule has 0 aromatic heterocycles. The zero-order chi connectivity index (χ0) is 34.2. The molecule has 0 radical (unpaired) electrons. The van der Waals surface area contributed by atoms with Gasteiger partial charge in [-0.3, -0.25) is 4.79 Å². The van der Waals surface area contributed by atoms with E-state index in [9.17, 15) is 10.1 Å². The van der Waals surface area contributed by atoms with Crippen molar-refractivity contribution in [3.05, 3.63) is 94.1 Å². The summed E-state index contributed by atoms with van der Waals surface area (Å²) in [4.78, 5) is 11.5. The molecule has 0 aliphatic carbocycles. The van der Waals surface area contributed by atoms with E-state index in [-0.39, 0.29) is 13.3 Å². The molecule has 2 unspecified atom stereocenters. The number of ketones is 1. The monoisotopic (exact) mass is 637 g/mol. The molecule has 0 spiro atoms. The molecular weight excluding hydrogens is 578 g/mol. The van der Waals surface area contributed by atoms with Gasteiger partial charge in [-0.05, 0) is 79.0 Å². The number of hydrogen-bond donors (Lipinski definition) is 0. The first-order chi connectivity index (χ1) is 22.7. The van der Waals surface area contributed by atoms with E-state index in [1.165, 1.54) is 55.2 Å². The van der Waals surface area contributed by atoms with Gasteiger partial charge in [-0.1, -0.05) is 126 Å². The summed E-state index contributed by atoms with van der Waals surface area (Å²) in [6.45, 7) is 16.6. The van der Waals surface area contributed by atoms with Crippen LogP contribution < -0.4 is 4.74 Å². The van der Waals surface area contributed by atoms with Crippen LogP contribution >= 0.6 is 0 Å². The minimum Gasteiger partial charge on any atom is -0.489 e. The van der Waals surface area contributed by atoms with Gasteiger partial charge < -0.3 is 9.47 Å². The van der Waals surface area contributed by atoms with Crippen LogP contribution in [0.3, 0.4) is 0 Å². The van der Waals surface area contributed by atoms with Gasteiger partial charge in [0.1, 0.15) is 17.9 Å². The van der Waals surface area contributed by atoms with E-state index in [0.29, 0.717) is 24.5 Å². The predicted octanol–water partition coefficient (Wildman–Crippen LogP) is 11.8. The van der Waals surface area contributed by atoms with Crippen LogP contribution in [0.2, 0.25) is 0 Å². The summed E-state index contributed by atoms with van der Waals surface area (Å²) >= 11 is 0. The Labute approximate surface area is 286 Å². The molecule has 1 fully saturated rings. The fourth-order valence-electron chi connectivity index (χ4n) is 6.36. The van der Waals surface area contributed by atoms with Gasteiger partial charge in [-0.15, -0.1) is 0 Å². The lowest BCUT2D eigenvalue weighted by Crippen LogP contribution is -2.26. The lowest BCUT2D eigenvalue weighted by Gasteiger charge is -2.24. The van der Waals surface area contributed by atoms with Gasteiger partial charge in [-0.25, -0.2) is 0 Å². The third-order valence-corrected chi connectivity index (χ3v) is 9.53. The molecule has 3 aromatic rings. The Morgan fingerprint density at radius 1 is 1.02 bits per heavy atom. The summed E-state index contributed by atoms with van der Waals surface area (Å²) < 4.78 is 11.5. The molecule has 47 heavy (non-hydrogen) atoms. The van der Waals surface area contributed by atoms with Crippen molar-refractivity contribution in [2.75, 3.05) is 13.2 Å². The number of allylic oxidation sites excluding steroid dienone is 1. The zero-order valence-corrected chi connectivity index (χ0v) is 30.0. The molecule has 1 aliphatic rings. The smallest absolute Gasteiger partial charge is 0.159 e. The Morgan fingerprint density at radius 3 is 2.36 bits per heavy atom. The van der Waals surface area contributed by atoms with Crippen molar-refractivity contribution in [1.82, 2.24) is 0 Å². The molecule has 1 heterocycles. The van der Waals surface area contributed by atoms with Crippen molar-refractivity contribution in [1.29, 1.82) is 5.26 Å². The highest BCUT2D eigenvalue weighted by Gasteiger charge is 2.18. The minimum atomic E-state index is 0. The maximum atomic E-state index is 11.5. The first-order valence-corrected chi connectivity index (χ1v) is 17.9. The average Bonchev–Trinajstić information content (AvgIpc) is 3.08. The van der Waals surface area contributed by atoms with Crippen molar-refractivity contribution in [3.8, 4) is 22.9 Å². The highest BCUT2D eigenvalue weighted by molar-refractivity contribution is 5.94. The number of unbranched alkanes of at least 4 members (excludes halogenated alkanes) is 1. The van der Waals surface area contributed by atoms with Gasteiger partial charge in [0, 0.05) is 19.8 Å². The maximum absolute atomic E-state index is 11.5. The summed E-state index contributed by atoms with van der Waals surface area (Å²) in [7, 11) is 0. The maximum Gasteiger partial charge on any atom is 0.159 e. The second-order valence-electron chi connectivity index (χ2n) is 13.3. The molecule has 1 saturated heterocycles. The van der Waals surface area contributed by atoms with Crippen LogP contribution in [0.4, 0.5) is 0 Å². The highest BCUT2D eigenvalue weighted by Crippen LogP contribution is 2.32.